The lowest BCUT2D eigenvalue weighted by atomic mass is 10.2. The Morgan fingerprint density at radius 3 is 0.796 bits per heavy atom. The molecule has 1 aliphatic rings. The van der Waals surface area contributed by atoms with Gasteiger partial charge in [0.25, 0.3) is 0 Å². The van der Waals surface area contributed by atoms with E-state index in [-0.39, 0.29) is 0 Å². The number of hydrogen-bond donors (Lipinski definition) is 0. The molecule has 0 fully saturated rings. The third kappa shape index (κ3) is 9.76. The fourth-order valence-corrected chi connectivity index (χ4v) is 17.1. The molecule has 6 rings (SSSR count). The second kappa shape index (κ2) is 16.7. The lowest BCUT2D eigenvalue weighted by Gasteiger charge is -2.32. The highest BCUT2D eigenvalue weighted by Crippen LogP contribution is 2.79. The summed E-state index contributed by atoms with van der Waals surface area (Å²) in [7, 11) is -11.7. The quantitative estimate of drug-likeness (QED) is 0.108. The minimum Gasteiger partial charge on any atom is -0.422 e. The molecule has 0 amide bonds. The van der Waals surface area contributed by atoms with Crippen LogP contribution in [0.3, 0.4) is 0 Å². The van der Waals surface area contributed by atoms with Gasteiger partial charge in [0.15, 0.2) is 0 Å². The average molecular weight is 809 g/mol. The van der Waals surface area contributed by atoms with Gasteiger partial charge in [-0.1, -0.05) is 65.2 Å². The van der Waals surface area contributed by atoms with Crippen LogP contribution in [0.25, 0.3) is 0 Å². The molecule has 0 saturated carbocycles. The Morgan fingerprint density at radius 2 is 0.537 bits per heavy atom. The summed E-state index contributed by atoms with van der Waals surface area (Å²) >= 11 is 0. The molecule has 1 aliphatic heterocycles. The van der Waals surface area contributed by atoms with E-state index < -0.39 is 30.6 Å². The molecular weight excluding hydrogens is 764 g/mol. The summed E-state index contributed by atoms with van der Waals surface area (Å²) in [5.74, 6) is 2.10. The summed E-state index contributed by atoms with van der Waals surface area (Å²) in [5.41, 5.74) is 4.68. The van der Waals surface area contributed by atoms with E-state index in [1.807, 2.05) is 126 Å². The Hall–Kier alpha value is -4.10. The third-order valence-electron chi connectivity index (χ3n) is 7.69. The van der Waals surface area contributed by atoms with Crippen LogP contribution in [0.1, 0.15) is 27.8 Å². The van der Waals surface area contributed by atoms with Crippen LogP contribution >= 0.6 is 30.6 Å². The number of hydrogen-bond acceptors (Lipinski definition) is 12. The Balaban J connectivity index is 1.78. The first-order chi connectivity index (χ1) is 25.9. The maximum atomic E-state index is 6.94. The topological polar surface area (TPSA) is 123 Å². The van der Waals surface area contributed by atoms with E-state index in [0.29, 0.717) is 28.7 Å². The minimum atomic E-state index is -4.16. The SMILES string of the molecule is COP1(OC)=NP(Oc2cccc(C)c2)(Oc2cccc(C)c2)=NP(Oc2cccc(C)c2)(Oc2cccc(C)c2)=NP(OC)(Oc2cccc(C)c2)=N1. The second-order valence-electron chi connectivity index (χ2n) is 12.4. The van der Waals surface area contributed by atoms with Crippen LogP contribution in [0.5, 0.6) is 28.7 Å². The molecule has 284 valence electrons. The normalized spacial score (nSPS) is 18.2. The largest absolute Gasteiger partial charge is 0.460 e. The first-order valence-electron chi connectivity index (χ1n) is 16.9. The summed E-state index contributed by atoms with van der Waals surface area (Å²) in [4.78, 5) is 0. The van der Waals surface area contributed by atoms with Crippen LogP contribution in [0.15, 0.2) is 139 Å². The van der Waals surface area contributed by atoms with Gasteiger partial charge in [-0.2, -0.15) is 0 Å². The Kier molecular flexibility index (Phi) is 12.3. The first kappa shape index (κ1) is 39.6. The summed E-state index contributed by atoms with van der Waals surface area (Å²) in [6.45, 7) is 9.78. The van der Waals surface area contributed by atoms with E-state index in [0.717, 1.165) is 27.8 Å². The highest BCUT2D eigenvalue weighted by atomic mass is 31.3. The number of benzene rings is 5. The molecule has 0 bridgehead atoms. The predicted molar refractivity (Wildman–Crippen MR) is 217 cm³/mol. The van der Waals surface area contributed by atoms with Crippen molar-refractivity contribution in [1.29, 1.82) is 0 Å². The molecule has 12 nitrogen and oxygen atoms in total. The van der Waals surface area contributed by atoms with Gasteiger partial charge in [0.2, 0.25) is 0 Å². The molecule has 0 radical (unpaired) electrons. The maximum absolute atomic E-state index is 6.94. The Labute approximate surface area is 317 Å². The molecule has 5 aromatic rings. The second-order valence-corrected chi connectivity index (χ2v) is 21.2. The molecule has 1 unspecified atom stereocenters. The van der Waals surface area contributed by atoms with E-state index >= 15 is 0 Å². The smallest absolute Gasteiger partial charge is 0.422 e. The van der Waals surface area contributed by atoms with Crippen LogP contribution in [0.4, 0.5) is 0 Å². The van der Waals surface area contributed by atoms with Gasteiger partial charge >= 0.3 is 30.6 Å². The van der Waals surface area contributed by atoms with Gasteiger partial charge in [-0.25, -0.2) is 0 Å². The van der Waals surface area contributed by atoms with Crippen molar-refractivity contribution in [3.8, 4) is 28.7 Å². The van der Waals surface area contributed by atoms with Crippen molar-refractivity contribution in [3.05, 3.63) is 149 Å². The Morgan fingerprint density at radius 1 is 0.315 bits per heavy atom. The summed E-state index contributed by atoms with van der Waals surface area (Å²) in [5, 5.41) is 0. The molecule has 1 atom stereocenters. The zero-order valence-electron chi connectivity index (χ0n) is 31.4. The predicted octanol–water partition coefficient (Wildman–Crippen LogP) is 13.7. The van der Waals surface area contributed by atoms with Crippen molar-refractivity contribution in [2.24, 2.45) is 18.1 Å². The van der Waals surface area contributed by atoms with Gasteiger partial charge in [-0.05, 0) is 123 Å². The van der Waals surface area contributed by atoms with E-state index in [9.17, 15) is 0 Å². The molecular formula is C38H44N4O8P4. The highest BCUT2D eigenvalue weighted by Gasteiger charge is 2.46. The van der Waals surface area contributed by atoms with E-state index in [1.54, 1.807) is 30.3 Å². The van der Waals surface area contributed by atoms with Crippen molar-refractivity contribution in [2.45, 2.75) is 34.6 Å². The maximum Gasteiger partial charge on any atom is 0.460 e. The van der Waals surface area contributed by atoms with Crippen LogP contribution in [-0.2, 0) is 13.6 Å². The summed E-state index contributed by atoms with van der Waals surface area (Å²) in [6.07, 6.45) is 0. The lowest BCUT2D eigenvalue weighted by molar-refractivity contribution is 0.325. The van der Waals surface area contributed by atoms with E-state index in [1.165, 1.54) is 21.3 Å². The van der Waals surface area contributed by atoms with Crippen LogP contribution in [0, 0.1) is 34.6 Å². The van der Waals surface area contributed by atoms with Crippen LogP contribution in [0.2, 0.25) is 0 Å². The first-order valence-corrected chi connectivity index (χ1v) is 23.0. The van der Waals surface area contributed by atoms with Crippen molar-refractivity contribution in [1.82, 2.24) is 0 Å². The van der Waals surface area contributed by atoms with E-state index in [2.05, 4.69) is 0 Å². The number of rotatable bonds is 13. The zero-order chi connectivity index (χ0) is 38.4. The van der Waals surface area contributed by atoms with Crippen molar-refractivity contribution in [3.63, 3.8) is 0 Å². The molecule has 54 heavy (non-hydrogen) atoms. The van der Waals surface area contributed by atoms with Gasteiger partial charge in [0.1, 0.15) is 28.7 Å². The molecule has 0 aliphatic carbocycles. The molecule has 5 aromatic carbocycles. The van der Waals surface area contributed by atoms with Crippen LogP contribution < -0.4 is 22.6 Å². The fourth-order valence-electron chi connectivity index (χ4n) is 5.24. The van der Waals surface area contributed by atoms with Gasteiger partial charge in [-0.15, -0.1) is 13.5 Å². The Bertz CT molecular complexity index is 2270. The number of aryl methyl sites for hydroxylation is 5. The summed E-state index contributed by atoms with van der Waals surface area (Å²) in [6, 6.07) is 37.4. The van der Waals surface area contributed by atoms with Crippen molar-refractivity contribution in [2.75, 3.05) is 21.3 Å². The molecule has 0 spiro atoms. The lowest BCUT2D eigenvalue weighted by Crippen LogP contribution is -2.08. The minimum absolute atomic E-state index is 0.414. The fraction of sp³-hybridized carbons (Fsp3) is 0.211. The van der Waals surface area contributed by atoms with Gasteiger partial charge in [-0.3, -0.25) is 0 Å². The molecule has 0 aromatic heterocycles. The third-order valence-corrected chi connectivity index (χ3v) is 18.6. The monoisotopic (exact) mass is 808 g/mol. The number of nitrogens with zero attached hydrogens (tertiary/aromatic N) is 4. The van der Waals surface area contributed by atoms with Crippen molar-refractivity contribution >= 4 is 30.6 Å². The average Bonchev–Trinajstić information content (AvgIpc) is 3.11. The molecule has 0 N–H and O–H groups in total. The van der Waals surface area contributed by atoms with Gasteiger partial charge in [0.05, 0.1) is 0 Å². The van der Waals surface area contributed by atoms with Crippen LogP contribution in [-0.4, -0.2) is 21.3 Å². The zero-order valence-corrected chi connectivity index (χ0v) is 35.0. The molecule has 16 heteroatoms. The highest BCUT2D eigenvalue weighted by molar-refractivity contribution is 7.79. The van der Waals surface area contributed by atoms with Gasteiger partial charge in [0, 0.05) is 21.3 Å². The van der Waals surface area contributed by atoms with Crippen molar-refractivity contribution < 1.29 is 36.2 Å². The van der Waals surface area contributed by atoms with E-state index in [4.69, 9.17) is 54.3 Å². The van der Waals surface area contributed by atoms with Gasteiger partial charge < -0.3 is 36.2 Å². The standard InChI is InChI=1S/C38H44N4O8P4/c1-29-14-9-19-34(24-29)46-52(45-8)39-51(43-6,44-7)40-53(47-35-20-10-15-30(2)25-35,48-36-21-11-16-31(3)26-36)42-54(41-52,49-37-22-12-17-32(4)27-37)50-38-23-13-18-33(5)28-38/h9-28H,1-8H3. The molecule has 0 saturated heterocycles. The summed E-state index contributed by atoms with van der Waals surface area (Å²) < 4.78 is 73.6. The molecule has 1 heterocycles.